The van der Waals surface area contributed by atoms with E-state index in [2.05, 4.69) is 5.32 Å². The van der Waals surface area contributed by atoms with Gasteiger partial charge < -0.3 is 10.2 Å². The molecule has 4 aromatic carbocycles. The first-order valence-corrected chi connectivity index (χ1v) is 17.0. The number of nitrogens with one attached hydrogen (secondary N) is 1. The average molecular weight is 687 g/mol. The highest BCUT2D eigenvalue weighted by Crippen LogP contribution is 2.33. The molecule has 236 valence electrons. The van der Waals surface area contributed by atoms with Crippen molar-refractivity contribution in [2.24, 2.45) is 0 Å². The van der Waals surface area contributed by atoms with Crippen LogP contribution >= 0.6 is 34.8 Å². The minimum atomic E-state index is -4.28. The average Bonchev–Trinajstić information content (AvgIpc) is 3.03. The molecule has 2 amide bonds. The van der Waals surface area contributed by atoms with Gasteiger partial charge in [-0.1, -0.05) is 102 Å². The van der Waals surface area contributed by atoms with E-state index in [4.69, 9.17) is 34.8 Å². The molecule has 0 radical (unpaired) electrons. The molecule has 0 aromatic heterocycles. The third-order valence-corrected chi connectivity index (χ3v) is 9.89. The van der Waals surface area contributed by atoms with Crippen molar-refractivity contribution in [2.45, 2.75) is 50.2 Å². The molecular formula is C34H34Cl3N3O4S. The molecule has 45 heavy (non-hydrogen) atoms. The first kappa shape index (κ1) is 34.3. The van der Waals surface area contributed by atoms with E-state index in [0.717, 1.165) is 9.87 Å². The summed E-state index contributed by atoms with van der Waals surface area (Å²) in [4.78, 5) is 29.8. The van der Waals surface area contributed by atoms with Gasteiger partial charge in [-0.15, -0.1) is 0 Å². The second-order valence-corrected chi connectivity index (χ2v) is 13.7. The van der Waals surface area contributed by atoms with Crippen LogP contribution in [0.4, 0.5) is 5.69 Å². The minimum Gasteiger partial charge on any atom is -0.352 e. The fourth-order valence-electron chi connectivity index (χ4n) is 4.70. The van der Waals surface area contributed by atoms with Crippen molar-refractivity contribution in [1.29, 1.82) is 0 Å². The molecule has 4 aromatic rings. The zero-order valence-corrected chi connectivity index (χ0v) is 28.0. The first-order valence-electron chi connectivity index (χ1n) is 14.4. The molecule has 1 N–H and O–H groups in total. The Hall–Kier alpha value is -3.56. The number of anilines is 1. The van der Waals surface area contributed by atoms with Crippen LogP contribution in [-0.4, -0.2) is 43.8 Å². The van der Waals surface area contributed by atoms with Gasteiger partial charge in [0.1, 0.15) is 12.6 Å². The largest absolute Gasteiger partial charge is 0.352 e. The van der Waals surface area contributed by atoms with Crippen molar-refractivity contribution in [3.05, 3.63) is 129 Å². The molecule has 0 saturated carbocycles. The van der Waals surface area contributed by atoms with Gasteiger partial charge in [0.05, 0.1) is 15.6 Å². The van der Waals surface area contributed by atoms with E-state index in [1.807, 2.05) is 44.2 Å². The van der Waals surface area contributed by atoms with Crippen molar-refractivity contribution < 1.29 is 18.0 Å². The van der Waals surface area contributed by atoms with E-state index >= 15 is 0 Å². The summed E-state index contributed by atoms with van der Waals surface area (Å²) in [5.41, 5.74) is 1.63. The second-order valence-electron chi connectivity index (χ2n) is 10.6. The van der Waals surface area contributed by atoms with Crippen LogP contribution in [0.3, 0.4) is 0 Å². The predicted molar refractivity (Wildman–Crippen MR) is 181 cm³/mol. The third kappa shape index (κ3) is 9.01. The lowest BCUT2D eigenvalue weighted by Gasteiger charge is -2.34. The summed E-state index contributed by atoms with van der Waals surface area (Å²) in [6.07, 6.45) is 0.892. The van der Waals surface area contributed by atoms with Crippen LogP contribution in [0.2, 0.25) is 15.1 Å². The molecule has 0 fully saturated rings. The molecule has 7 nitrogen and oxygen atoms in total. The number of nitrogens with zero attached hydrogens (tertiary/aromatic N) is 2. The zero-order valence-electron chi connectivity index (χ0n) is 24.9. The monoisotopic (exact) mass is 685 g/mol. The highest BCUT2D eigenvalue weighted by Gasteiger charge is 2.35. The number of rotatable bonds is 13. The third-order valence-electron chi connectivity index (χ3n) is 7.33. The number of sulfonamides is 1. The molecule has 0 bridgehead atoms. The van der Waals surface area contributed by atoms with E-state index in [-0.39, 0.29) is 40.5 Å². The maximum atomic E-state index is 14.5. The van der Waals surface area contributed by atoms with Crippen molar-refractivity contribution >= 4 is 62.3 Å². The SMILES string of the molecule is CCC(C)NC(=O)C(Cc1ccccc1)N(Cc1ccc(Cl)cc1)C(=O)CN(c1ccc(Cl)cc1Cl)S(=O)(=O)c1ccccc1. The first-order chi connectivity index (χ1) is 21.5. The summed E-state index contributed by atoms with van der Waals surface area (Å²) in [5, 5.41) is 3.89. The van der Waals surface area contributed by atoms with Crippen LogP contribution in [0.1, 0.15) is 31.4 Å². The van der Waals surface area contributed by atoms with Crippen molar-refractivity contribution in [1.82, 2.24) is 10.2 Å². The quantitative estimate of drug-likeness (QED) is 0.159. The molecular weight excluding hydrogens is 653 g/mol. The summed E-state index contributed by atoms with van der Waals surface area (Å²) >= 11 is 18.8. The van der Waals surface area contributed by atoms with Gasteiger partial charge >= 0.3 is 0 Å². The highest BCUT2D eigenvalue weighted by molar-refractivity contribution is 7.92. The molecule has 0 heterocycles. The standard InChI is InChI=1S/C34H34Cl3N3O4S/c1-3-24(2)38-34(42)32(20-25-10-6-4-7-11-25)39(22-26-14-16-27(35)17-15-26)33(41)23-40(31-19-18-28(36)21-30(31)37)45(43,44)29-12-8-5-9-13-29/h4-19,21,24,32H,3,20,22-23H2,1-2H3,(H,38,42). The summed E-state index contributed by atoms with van der Waals surface area (Å²) < 4.78 is 29.1. The lowest BCUT2D eigenvalue weighted by atomic mass is 10.0. The lowest BCUT2D eigenvalue weighted by Crippen LogP contribution is -2.54. The van der Waals surface area contributed by atoms with Gasteiger partial charge in [0.15, 0.2) is 0 Å². The molecule has 0 aliphatic carbocycles. The Morgan fingerprint density at radius 1 is 0.800 bits per heavy atom. The smallest absolute Gasteiger partial charge is 0.264 e. The zero-order chi connectivity index (χ0) is 32.6. The number of benzene rings is 4. The minimum absolute atomic E-state index is 0.0228. The van der Waals surface area contributed by atoms with Gasteiger partial charge in [-0.05, 0) is 66.9 Å². The molecule has 0 saturated heterocycles. The molecule has 0 aliphatic rings. The Labute approximate surface area is 279 Å². The fraction of sp³-hybridized carbons (Fsp3) is 0.235. The molecule has 11 heteroatoms. The topological polar surface area (TPSA) is 86.8 Å². The van der Waals surface area contributed by atoms with Crippen LogP contribution in [-0.2, 0) is 32.6 Å². The Morgan fingerprint density at radius 3 is 2.00 bits per heavy atom. The number of amides is 2. The van der Waals surface area contributed by atoms with Gasteiger partial charge in [0, 0.05) is 29.1 Å². The fourth-order valence-corrected chi connectivity index (χ4v) is 6.84. The number of hydrogen-bond acceptors (Lipinski definition) is 4. The maximum absolute atomic E-state index is 14.5. The predicted octanol–water partition coefficient (Wildman–Crippen LogP) is 7.40. The van der Waals surface area contributed by atoms with Gasteiger partial charge in [-0.3, -0.25) is 13.9 Å². The molecule has 0 spiro atoms. The van der Waals surface area contributed by atoms with E-state index in [9.17, 15) is 18.0 Å². The Kier molecular flexibility index (Phi) is 11.9. The van der Waals surface area contributed by atoms with Crippen LogP contribution in [0, 0.1) is 0 Å². The Morgan fingerprint density at radius 2 is 1.40 bits per heavy atom. The maximum Gasteiger partial charge on any atom is 0.264 e. The summed E-state index contributed by atoms with van der Waals surface area (Å²) in [5.74, 6) is -0.951. The Bertz CT molecular complexity index is 1710. The van der Waals surface area contributed by atoms with E-state index in [1.165, 1.54) is 35.2 Å². The van der Waals surface area contributed by atoms with E-state index in [1.54, 1.807) is 42.5 Å². The highest BCUT2D eigenvalue weighted by atomic mass is 35.5. The van der Waals surface area contributed by atoms with Gasteiger partial charge in [-0.25, -0.2) is 8.42 Å². The lowest BCUT2D eigenvalue weighted by molar-refractivity contribution is -0.140. The number of halogens is 3. The molecule has 2 unspecified atom stereocenters. The van der Waals surface area contributed by atoms with Crippen LogP contribution in [0.25, 0.3) is 0 Å². The molecule has 4 rings (SSSR count). The van der Waals surface area contributed by atoms with Crippen molar-refractivity contribution in [3.63, 3.8) is 0 Å². The second kappa shape index (κ2) is 15.6. The van der Waals surface area contributed by atoms with E-state index < -0.39 is 28.5 Å². The van der Waals surface area contributed by atoms with Crippen molar-refractivity contribution in [3.8, 4) is 0 Å². The number of hydrogen-bond donors (Lipinski definition) is 1. The van der Waals surface area contributed by atoms with Gasteiger partial charge in [0.2, 0.25) is 11.8 Å². The normalized spacial score (nSPS) is 12.6. The van der Waals surface area contributed by atoms with Gasteiger partial charge in [-0.2, -0.15) is 0 Å². The van der Waals surface area contributed by atoms with E-state index in [0.29, 0.717) is 22.0 Å². The van der Waals surface area contributed by atoms with Gasteiger partial charge in [0.25, 0.3) is 10.0 Å². The van der Waals surface area contributed by atoms with Crippen LogP contribution in [0.15, 0.2) is 108 Å². The molecule has 2 atom stereocenters. The molecule has 0 aliphatic heterocycles. The van der Waals surface area contributed by atoms with Crippen LogP contribution in [0.5, 0.6) is 0 Å². The number of carbonyl (C=O) groups excluding carboxylic acids is 2. The van der Waals surface area contributed by atoms with Crippen molar-refractivity contribution in [2.75, 3.05) is 10.8 Å². The number of carbonyl (C=O) groups is 2. The Balaban J connectivity index is 1.82. The summed E-state index contributed by atoms with van der Waals surface area (Å²) in [7, 11) is -4.28. The van der Waals surface area contributed by atoms with Crippen LogP contribution < -0.4 is 9.62 Å². The summed E-state index contributed by atoms with van der Waals surface area (Å²) in [6.45, 7) is 3.23. The summed E-state index contributed by atoms with van der Waals surface area (Å²) in [6, 6.07) is 27.3.